The minimum atomic E-state index is -0.550. The van der Waals surface area contributed by atoms with Gasteiger partial charge in [-0.15, -0.1) is 0 Å². The third kappa shape index (κ3) is 6.56. The Morgan fingerprint density at radius 1 is 0.462 bits per heavy atom. The largest absolute Gasteiger partial charge is 0.497 e. The smallest absolute Gasteiger partial charge is 0.346 e. The first kappa shape index (κ1) is 26.8. The molecule has 0 N–H and O–H groups in total. The molecule has 8 heteroatoms. The van der Waals surface area contributed by atoms with E-state index in [0.29, 0.717) is 22.3 Å². The van der Waals surface area contributed by atoms with Gasteiger partial charge in [-0.25, -0.2) is 19.2 Å². The first-order chi connectivity index (χ1) is 18.9. The molecule has 2 aliphatic heterocycles. The van der Waals surface area contributed by atoms with E-state index in [-0.39, 0.29) is 0 Å². The van der Waals surface area contributed by atoms with Crippen LogP contribution in [0.4, 0.5) is 0 Å². The third-order valence-electron chi connectivity index (χ3n) is 5.83. The summed E-state index contributed by atoms with van der Waals surface area (Å²) in [5.41, 5.74) is 3.98. The highest BCUT2D eigenvalue weighted by Gasteiger charge is 2.29. The van der Waals surface area contributed by atoms with Crippen molar-refractivity contribution in [2.75, 3.05) is 14.2 Å². The van der Waals surface area contributed by atoms with Crippen molar-refractivity contribution in [3.8, 4) is 11.5 Å². The molecule has 8 nitrogen and oxygen atoms in total. The van der Waals surface area contributed by atoms with Crippen LogP contribution in [0.25, 0.3) is 0 Å². The minimum absolute atomic E-state index is 0.359. The van der Waals surface area contributed by atoms with E-state index in [9.17, 15) is 19.2 Å². The van der Waals surface area contributed by atoms with E-state index in [0.717, 1.165) is 17.9 Å². The molecule has 0 saturated carbocycles. The molecular formula is C31H24O8. The molecule has 0 atom stereocenters. The molecular weight excluding hydrogens is 500 g/mol. The molecule has 6 rings (SSSR count). The Bertz CT molecular complexity index is 1320. The Kier molecular flexibility index (Phi) is 8.48. The maximum Gasteiger partial charge on any atom is 0.346 e. The lowest BCUT2D eigenvalue weighted by Crippen LogP contribution is -1.96. The van der Waals surface area contributed by atoms with Crippen molar-refractivity contribution in [2.45, 2.75) is 6.42 Å². The zero-order valence-corrected chi connectivity index (χ0v) is 21.2. The van der Waals surface area contributed by atoms with Gasteiger partial charge in [-0.1, -0.05) is 48.5 Å². The van der Waals surface area contributed by atoms with Gasteiger partial charge in [0, 0.05) is 0 Å². The van der Waals surface area contributed by atoms with Gasteiger partial charge >= 0.3 is 23.9 Å². The SMILES string of the molecule is COc1ccc(Cc2ccc(OC)cc2)cc1.O=C1OC(=O)c2ccccc21.O=C1OC(=O)c2ccccc21. The number of cyclic esters (lactones) is 4. The lowest BCUT2D eigenvalue weighted by atomic mass is 10.0. The predicted octanol–water partition coefficient (Wildman–Crippen LogP) is 5.29. The summed E-state index contributed by atoms with van der Waals surface area (Å²) in [5, 5.41) is 0. The van der Waals surface area contributed by atoms with Crippen LogP contribution in [0, 0.1) is 0 Å². The van der Waals surface area contributed by atoms with E-state index in [4.69, 9.17) is 9.47 Å². The monoisotopic (exact) mass is 524 g/mol. The number of ether oxygens (including phenoxy) is 4. The molecule has 0 fully saturated rings. The van der Waals surface area contributed by atoms with Gasteiger partial charge in [0.25, 0.3) is 0 Å². The average molecular weight is 525 g/mol. The number of rotatable bonds is 4. The fraction of sp³-hybridized carbons (Fsp3) is 0.0968. The van der Waals surface area contributed by atoms with E-state index in [2.05, 4.69) is 33.7 Å². The second-order valence-electron chi connectivity index (χ2n) is 8.32. The molecule has 0 unspecified atom stereocenters. The van der Waals surface area contributed by atoms with Gasteiger partial charge in [0.2, 0.25) is 0 Å². The van der Waals surface area contributed by atoms with E-state index < -0.39 is 23.9 Å². The molecule has 4 aromatic carbocycles. The van der Waals surface area contributed by atoms with E-state index in [1.54, 1.807) is 62.8 Å². The fourth-order valence-corrected chi connectivity index (χ4v) is 3.79. The van der Waals surface area contributed by atoms with Crippen LogP contribution in [0.1, 0.15) is 52.6 Å². The van der Waals surface area contributed by atoms with Gasteiger partial charge in [0.15, 0.2) is 0 Å². The lowest BCUT2D eigenvalue weighted by Gasteiger charge is -2.05. The van der Waals surface area contributed by atoms with Crippen LogP contribution in [0.5, 0.6) is 11.5 Å². The molecule has 39 heavy (non-hydrogen) atoms. The Hall–Kier alpha value is -5.24. The number of esters is 4. The normalized spacial score (nSPS) is 12.6. The number of hydrogen-bond donors (Lipinski definition) is 0. The summed E-state index contributed by atoms with van der Waals surface area (Å²) in [4.78, 5) is 43.3. The highest BCUT2D eigenvalue weighted by Crippen LogP contribution is 2.20. The van der Waals surface area contributed by atoms with Crippen LogP contribution in [0.3, 0.4) is 0 Å². The van der Waals surface area contributed by atoms with Gasteiger partial charge in [0.1, 0.15) is 11.5 Å². The summed E-state index contributed by atoms with van der Waals surface area (Å²) in [5.74, 6) is -0.417. The summed E-state index contributed by atoms with van der Waals surface area (Å²) >= 11 is 0. The molecule has 0 amide bonds. The van der Waals surface area contributed by atoms with Crippen LogP contribution in [-0.4, -0.2) is 38.1 Å². The molecule has 0 aliphatic carbocycles. The van der Waals surface area contributed by atoms with E-state index in [1.807, 2.05) is 24.3 Å². The highest BCUT2D eigenvalue weighted by atomic mass is 16.6. The fourth-order valence-electron chi connectivity index (χ4n) is 3.79. The number of hydrogen-bond acceptors (Lipinski definition) is 8. The molecule has 0 bridgehead atoms. The van der Waals surface area contributed by atoms with Crippen LogP contribution >= 0.6 is 0 Å². The minimum Gasteiger partial charge on any atom is -0.497 e. The molecule has 0 spiro atoms. The number of fused-ring (bicyclic) bond motifs is 2. The number of benzene rings is 4. The number of carbonyl (C=O) groups is 4. The maximum absolute atomic E-state index is 10.8. The molecule has 2 aliphatic rings. The maximum atomic E-state index is 10.8. The van der Waals surface area contributed by atoms with Crippen LogP contribution < -0.4 is 9.47 Å². The highest BCUT2D eigenvalue weighted by molar-refractivity contribution is 6.15. The first-order valence-corrected chi connectivity index (χ1v) is 11.9. The van der Waals surface area contributed by atoms with Crippen molar-refractivity contribution in [3.63, 3.8) is 0 Å². The van der Waals surface area contributed by atoms with Gasteiger partial charge < -0.3 is 18.9 Å². The molecule has 196 valence electrons. The van der Waals surface area contributed by atoms with Crippen molar-refractivity contribution in [1.29, 1.82) is 0 Å². The molecule has 2 heterocycles. The zero-order chi connectivity index (χ0) is 27.8. The Labute approximate surface area is 224 Å². The first-order valence-electron chi connectivity index (χ1n) is 11.9. The summed E-state index contributed by atoms with van der Waals surface area (Å²) in [6.45, 7) is 0. The standard InChI is InChI=1S/C15H16O2.2C8H4O3/c1-16-14-7-3-12(4-8-14)11-13-5-9-15(17-2)10-6-13;2*9-7-5-3-1-2-4-6(5)8(10)11-7/h3-10H,11H2,1-2H3;2*1-4H. The second kappa shape index (κ2) is 12.3. The van der Waals surface area contributed by atoms with Crippen molar-refractivity contribution in [2.24, 2.45) is 0 Å². The Morgan fingerprint density at radius 3 is 1.00 bits per heavy atom. The Balaban J connectivity index is 0.000000141. The quantitative estimate of drug-likeness (QED) is 0.262. The van der Waals surface area contributed by atoms with Crippen LogP contribution in [0.2, 0.25) is 0 Å². The van der Waals surface area contributed by atoms with E-state index in [1.165, 1.54) is 11.1 Å². The zero-order valence-electron chi connectivity index (χ0n) is 21.2. The summed E-state index contributed by atoms with van der Waals surface area (Å²) < 4.78 is 19.0. The summed E-state index contributed by atoms with van der Waals surface area (Å²) in [6.07, 6.45) is 0.925. The van der Waals surface area contributed by atoms with Crippen LogP contribution in [0.15, 0.2) is 97.1 Å². The van der Waals surface area contributed by atoms with Crippen molar-refractivity contribution in [3.05, 3.63) is 130 Å². The second-order valence-corrected chi connectivity index (χ2v) is 8.32. The molecule has 0 aromatic heterocycles. The molecule has 0 saturated heterocycles. The Morgan fingerprint density at radius 2 is 0.744 bits per heavy atom. The van der Waals surface area contributed by atoms with Gasteiger partial charge in [-0.3, -0.25) is 0 Å². The van der Waals surface area contributed by atoms with Crippen molar-refractivity contribution >= 4 is 23.9 Å². The summed E-state index contributed by atoms with van der Waals surface area (Å²) in [6, 6.07) is 29.3. The van der Waals surface area contributed by atoms with Gasteiger partial charge in [-0.2, -0.15) is 0 Å². The lowest BCUT2D eigenvalue weighted by molar-refractivity contribution is 0.0425. The predicted molar refractivity (Wildman–Crippen MR) is 141 cm³/mol. The third-order valence-corrected chi connectivity index (χ3v) is 5.83. The van der Waals surface area contributed by atoms with Gasteiger partial charge in [0.05, 0.1) is 36.5 Å². The summed E-state index contributed by atoms with van der Waals surface area (Å²) in [7, 11) is 3.36. The average Bonchev–Trinajstić information content (AvgIpc) is 3.44. The molecule has 0 radical (unpaired) electrons. The topological polar surface area (TPSA) is 105 Å². The van der Waals surface area contributed by atoms with Crippen LogP contribution in [-0.2, 0) is 15.9 Å². The van der Waals surface area contributed by atoms with E-state index >= 15 is 0 Å². The van der Waals surface area contributed by atoms with Crippen molar-refractivity contribution < 1.29 is 38.1 Å². The molecule has 4 aromatic rings. The van der Waals surface area contributed by atoms with Gasteiger partial charge in [-0.05, 0) is 66.1 Å². The van der Waals surface area contributed by atoms with Crippen molar-refractivity contribution in [1.82, 2.24) is 0 Å². The number of methoxy groups -OCH3 is 2. The number of carbonyl (C=O) groups excluding carboxylic acids is 4.